The van der Waals surface area contributed by atoms with E-state index in [0.717, 1.165) is 31.4 Å². The highest BCUT2D eigenvalue weighted by Gasteiger charge is 2.30. The Balaban J connectivity index is 1.62. The van der Waals surface area contributed by atoms with Gasteiger partial charge in [0.15, 0.2) is 5.82 Å². The fourth-order valence-corrected chi connectivity index (χ4v) is 3.26. The van der Waals surface area contributed by atoms with E-state index in [2.05, 4.69) is 15.4 Å². The standard InChI is InChI=1S/C22H21F3N4O2/c1-2-31-21-27-19(14-6-8-16(9-7-14)22(23,24)25)29(28-21)18-12-10-17(11-13-18)26-20(30)15-4-3-5-15/h6-13,15H,2-5H2,1H3,(H,26,30). The van der Waals surface area contributed by atoms with E-state index in [1.807, 2.05) is 0 Å². The largest absolute Gasteiger partial charge is 0.463 e. The number of benzene rings is 2. The van der Waals surface area contributed by atoms with Crippen molar-refractivity contribution in [3.63, 3.8) is 0 Å². The van der Waals surface area contributed by atoms with Crippen molar-refractivity contribution in [1.82, 2.24) is 14.8 Å². The molecule has 1 aliphatic rings. The third-order valence-electron chi connectivity index (χ3n) is 5.19. The molecule has 1 heterocycles. The van der Waals surface area contributed by atoms with Gasteiger partial charge in [-0.25, -0.2) is 4.68 Å². The topological polar surface area (TPSA) is 69.0 Å². The number of halogens is 3. The fraction of sp³-hybridized carbons (Fsp3) is 0.318. The summed E-state index contributed by atoms with van der Waals surface area (Å²) in [6.45, 7) is 2.14. The molecule has 3 aromatic rings. The normalized spacial score (nSPS) is 14.2. The Morgan fingerprint density at radius 1 is 1.13 bits per heavy atom. The molecule has 1 N–H and O–H groups in total. The first-order valence-electron chi connectivity index (χ1n) is 10.0. The number of ether oxygens (including phenoxy) is 1. The van der Waals surface area contributed by atoms with Crippen molar-refractivity contribution < 1.29 is 22.7 Å². The maximum Gasteiger partial charge on any atom is 0.416 e. The Bertz CT molecular complexity index is 1060. The molecule has 9 heteroatoms. The summed E-state index contributed by atoms with van der Waals surface area (Å²) in [7, 11) is 0. The van der Waals surface area contributed by atoms with E-state index in [9.17, 15) is 18.0 Å². The first kappa shape index (κ1) is 20.9. The SMILES string of the molecule is CCOc1nc(-c2ccc(C(F)(F)F)cc2)n(-c2ccc(NC(=O)C3CCC3)cc2)n1. The van der Waals surface area contributed by atoms with E-state index < -0.39 is 11.7 Å². The number of carbonyl (C=O) groups excluding carboxylic acids is 1. The predicted octanol–water partition coefficient (Wildman–Crippen LogP) is 5.09. The number of rotatable bonds is 6. The molecule has 1 saturated carbocycles. The van der Waals surface area contributed by atoms with Gasteiger partial charge < -0.3 is 10.1 Å². The minimum atomic E-state index is -4.41. The summed E-state index contributed by atoms with van der Waals surface area (Å²) in [4.78, 5) is 16.5. The molecule has 0 radical (unpaired) electrons. The number of hydrogen-bond acceptors (Lipinski definition) is 4. The Morgan fingerprint density at radius 3 is 2.35 bits per heavy atom. The molecule has 31 heavy (non-hydrogen) atoms. The maximum absolute atomic E-state index is 12.9. The van der Waals surface area contributed by atoms with Crippen LogP contribution in [0.1, 0.15) is 31.7 Å². The van der Waals surface area contributed by atoms with Crippen LogP contribution >= 0.6 is 0 Å². The fourth-order valence-electron chi connectivity index (χ4n) is 3.26. The molecule has 4 rings (SSSR count). The van der Waals surface area contributed by atoms with Crippen LogP contribution in [0, 0.1) is 5.92 Å². The van der Waals surface area contributed by atoms with Crippen LogP contribution in [0.3, 0.4) is 0 Å². The average Bonchev–Trinajstić information content (AvgIpc) is 3.11. The maximum atomic E-state index is 12.9. The van der Waals surface area contributed by atoms with Crippen molar-refractivity contribution in [1.29, 1.82) is 0 Å². The molecule has 0 unspecified atom stereocenters. The first-order chi connectivity index (χ1) is 14.8. The predicted molar refractivity (Wildman–Crippen MR) is 109 cm³/mol. The van der Waals surface area contributed by atoms with Crippen LogP contribution in [-0.4, -0.2) is 27.3 Å². The van der Waals surface area contributed by atoms with Gasteiger partial charge in [0.1, 0.15) is 0 Å². The zero-order chi connectivity index (χ0) is 22.0. The highest BCUT2D eigenvalue weighted by atomic mass is 19.4. The summed E-state index contributed by atoms with van der Waals surface area (Å²) < 4.78 is 45.6. The van der Waals surface area contributed by atoms with Gasteiger partial charge in [0, 0.05) is 17.2 Å². The molecule has 0 spiro atoms. The number of anilines is 1. The molecule has 0 bridgehead atoms. The molecular weight excluding hydrogens is 409 g/mol. The molecule has 1 aliphatic carbocycles. The molecule has 6 nitrogen and oxygen atoms in total. The van der Waals surface area contributed by atoms with E-state index in [4.69, 9.17) is 4.74 Å². The molecule has 2 aromatic carbocycles. The number of amides is 1. The van der Waals surface area contributed by atoms with E-state index in [1.54, 1.807) is 31.2 Å². The summed E-state index contributed by atoms with van der Waals surface area (Å²) in [5.41, 5.74) is 1.03. The van der Waals surface area contributed by atoms with Crippen LogP contribution in [0.25, 0.3) is 17.1 Å². The highest BCUT2D eigenvalue weighted by Crippen LogP contribution is 2.32. The Hall–Kier alpha value is -3.36. The van der Waals surface area contributed by atoms with Gasteiger partial charge in [-0.1, -0.05) is 18.6 Å². The number of nitrogens with one attached hydrogen (secondary N) is 1. The lowest BCUT2D eigenvalue weighted by Crippen LogP contribution is -2.27. The van der Waals surface area contributed by atoms with Crippen molar-refractivity contribution in [2.75, 3.05) is 11.9 Å². The summed E-state index contributed by atoms with van der Waals surface area (Å²) in [5, 5.41) is 7.23. The van der Waals surface area contributed by atoms with E-state index in [-0.39, 0.29) is 17.8 Å². The van der Waals surface area contributed by atoms with Crippen LogP contribution in [0.2, 0.25) is 0 Å². The highest BCUT2D eigenvalue weighted by molar-refractivity contribution is 5.93. The third-order valence-corrected chi connectivity index (χ3v) is 5.19. The minimum Gasteiger partial charge on any atom is -0.463 e. The number of nitrogens with zero attached hydrogens (tertiary/aromatic N) is 3. The van der Waals surface area contributed by atoms with Gasteiger partial charge >= 0.3 is 12.2 Å². The summed E-state index contributed by atoms with van der Waals surface area (Å²) >= 11 is 0. The van der Waals surface area contributed by atoms with Crippen LogP contribution in [0.4, 0.5) is 18.9 Å². The molecule has 0 atom stereocenters. The summed E-state index contributed by atoms with van der Waals surface area (Å²) in [6, 6.07) is 11.9. The Kier molecular flexibility index (Phi) is 5.67. The van der Waals surface area contributed by atoms with E-state index in [1.165, 1.54) is 16.8 Å². The summed E-state index contributed by atoms with van der Waals surface area (Å²) in [5.74, 6) is 0.447. The van der Waals surface area contributed by atoms with Crippen molar-refractivity contribution in [2.45, 2.75) is 32.4 Å². The van der Waals surface area contributed by atoms with Gasteiger partial charge in [0.2, 0.25) is 5.91 Å². The molecule has 162 valence electrons. The second-order valence-corrected chi connectivity index (χ2v) is 7.30. The molecule has 0 aliphatic heterocycles. The average molecular weight is 430 g/mol. The van der Waals surface area contributed by atoms with Crippen LogP contribution in [0.15, 0.2) is 48.5 Å². The van der Waals surface area contributed by atoms with Crippen molar-refractivity contribution in [2.24, 2.45) is 5.92 Å². The monoisotopic (exact) mass is 430 g/mol. The smallest absolute Gasteiger partial charge is 0.416 e. The summed E-state index contributed by atoms with van der Waals surface area (Å²) in [6.07, 6.45) is -1.50. The molecule has 1 amide bonds. The zero-order valence-electron chi connectivity index (χ0n) is 16.8. The van der Waals surface area contributed by atoms with Crippen LogP contribution in [-0.2, 0) is 11.0 Å². The van der Waals surface area contributed by atoms with Gasteiger partial charge in [0.25, 0.3) is 0 Å². The number of alkyl halides is 3. The third kappa shape index (κ3) is 4.55. The van der Waals surface area contributed by atoms with Crippen molar-refractivity contribution in [3.05, 3.63) is 54.1 Å². The van der Waals surface area contributed by atoms with Gasteiger partial charge in [0.05, 0.1) is 17.9 Å². The number of aromatic nitrogens is 3. The van der Waals surface area contributed by atoms with Crippen LogP contribution < -0.4 is 10.1 Å². The van der Waals surface area contributed by atoms with Gasteiger partial charge in [-0.3, -0.25) is 4.79 Å². The molecule has 1 fully saturated rings. The lowest BCUT2D eigenvalue weighted by molar-refractivity contribution is -0.137. The Morgan fingerprint density at radius 2 is 1.81 bits per heavy atom. The van der Waals surface area contributed by atoms with E-state index >= 15 is 0 Å². The van der Waals surface area contributed by atoms with Crippen LogP contribution in [0.5, 0.6) is 6.01 Å². The Labute approximate surface area is 177 Å². The number of hydrogen-bond donors (Lipinski definition) is 1. The molecule has 0 saturated heterocycles. The van der Waals surface area contributed by atoms with Gasteiger partial charge in [-0.15, -0.1) is 5.10 Å². The minimum absolute atomic E-state index is 0.0174. The van der Waals surface area contributed by atoms with Gasteiger partial charge in [-0.05, 0) is 56.2 Å². The van der Waals surface area contributed by atoms with Gasteiger partial charge in [-0.2, -0.15) is 18.2 Å². The lowest BCUT2D eigenvalue weighted by atomic mass is 9.85. The first-order valence-corrected chi connectivity index (χ1v) is 10.0. The molecule has 1 aromatic heterocycles. The second-order valence-electron chi connectivity index (χ2n) is 7.30. The van der Waals surface area contributed by atoms with E-state index in [0.29, 0.717) is 29.4 Å². The zero-order valence-corrected chi connectivity index (χ0v) is 16.8. The molecular formula is C22H21F3N4O2. The second kappa shape index (κ2) is 8.41. The van der Waals surface area contributed by atoms with Crippen molar-refractivity contribution >= 4 is 11.6 Å². The quantitative estimate of drug-likeness (QED) is 0.592. The lowest BCUT2D eigenvalue weighted by Gasteiger charge is -2.24. The van der Waals surface area contributed by atoms with Crippen molar-refractivity contribution in [3.8, 4) is 23.1 Å². The number of carbonyl (C=O) groups is 1.